The van der Waals surface area contributed by atoms with Crippen molar-refractivity contribution in [3.05, 3.63) is 48.0 Å². The number of carbonyl (C=O) groups excluding carboxylic acids is 7. The highest BCUT2D eigenvalue weighted by Crippen LogP contribution is 2.08. The number of unbranched alkanes of at least 4 members (excludes halogenated alkanes) is 2. The van der Waals surface area contributed by atoms with Crippen LogP contribution in [0, 0.1) is 0 Å². The van der Waals surface area contributed by atoms with Gasteiger partial charge >= 0.3 is 0 Å². The van der Waals surface area contributed by atoms with Gasteiger partial charge in [0.05, 0.1) is 19.6 Å². The number of hydrogen-bond donors (Lipinski definition) is 5. The Morgan fingerprint density at radius 1 is 0.762 bits per heavy atom. The molecule has 0 saturated heterocycles. The normalized spacial score (nSPS) is 12.9. The largest absolute Gasteiger partial charge is 0.362 e. The number of nitrogens with one attached hydrogen (secondary N) is 5. The quantitative estimate of drug-likeness (QED) is 0.0747. The van der Waals surface area contributed by atoms with Gasteiger partial charge in [-0.3, -0.25) is 38.5 Å². The summed E-state index contributed by atoms with van der Waals surface area (Å²) in [6.07, 6.45) is 4.45. The van der Waals surface area contributed by atoms with Crippen LogP contribution in [-0.4, -0.2) is 91.8 Å². The van der Waals surface area contributed by atoms with E-state index in [9.17, 15) is 33.6 Å². The molecular formula is C28H38N6O8. The Morgan fingerprint density at radius 3 is 2.07 bits per heavy atom. The van der Waals surface area contributed by atoms with Crippen LogP contribution in [0.15, 0.2) is 42.5 Å². The van der Waals surface area contributed by atoms with Crippen LogP contribution < -0.4 is 26.6 Å². The van der Waals surface area contributed by atoms with E-state index in [1.165, 1.54) is 12.2 Å². The summed E-state index contributed by atoms with van der Waals surface area (Å²) in [6.45, 7) is 1.43. The van der Waals surface area contributed by atoms with Gasteiger partial charge in [-0.2, -0.15) is 0 Å². The van der Waals surface area contributed by atoms with E-state index in [1.54, 1.807) is 31.2 Å². The summed E-state index contributed by atoms with van der Waals surface area (Å²) in [5, 5.41) is 12.4. The van der Waals surface area contributed by atoms with E-state index in [-0.39, 0.29) is 56.9 Å². The minimum absolute atomic E-state index is 0.0127. The Balaban J connectivity index is 1.69. The highest BCUT2D eigenvalue weighted by Gasteiger charge is 2.23. The maximum atomic E-state index is 12.7. The first-order chi connectivity index (χ1) is 20.2. The topological polar surface area (TPSA) is 192 Å². The van der Waals surface area contributed by atoms with Crippen molar-refractivity contribution in [1.29, 1.82) is 0 Å². The fourth-order valence-corrected chi connectivity index (χ4v) is 3.78. The van der Waals surface area contributed by atoms with Gasteiger partial charge in [-0.1, -0.05) is 36.8 Å². The van der Waals surface area contributed by atoms with E-state index in [1.807, 2.05) is 6.07 Å². The minimum Gasteiger partial charge on any atom is -0.362 e. The van der Waals surface area contributed by atoms with Crippen molar-refractivity contribution in [1.82, 2.24) is 31.5 Å². The van der Waals surface area contributed by atoms with Crippen LogP contribution in [0.3, 0.4) is 0 Å². The van der Waals surface area contributed by atoms with E-state index < -0.39 is 36.2 Å². The van der Waals surface area contributed by atoms with Crippen LogP contribution >= 0.6 is 0 Å². The molecule has 5 N–H and O–H groups in total. The van der Waals surface area contributed by atoms with Crippen LogP contribution in [0.4, 0.5) is 0 Å². The summed E-state index contributed by atoms with van der Waals surface area (Å²) in [5.41, 5.74) is 0.778. The van der Waals surface area contributed by atoms with Gasteiger partial charge in [-0.05, 0) is 25.3 Å². The molecule has 0 aliphatic carbocycles. The minimum atomic E-state index is -1.01. The molecule has 0 spiro atoms. The maximum absolute atomic E-state index is 12.7. The van der Waals surface area contributed by atoms with Crippen molar-refractivity contribution in [2.24, 2.45) is 0 Å². The molecule has 0 radical (unpaired) electrons. The molecule has 1 aliphatic rings. The lowest BCUT2D eigenvalue weighted by atomic mass is 10.1. The third kappa shape index (κ3) is 13.2. The summed E-state index contributed by atoms with van der Waals surface area (Å²) >= 11 is 0. The second-order valence-electron chi connectivity index (χ2n) is 9.29. The first kappa shape index (κ1) is 33.6. The van der Waals surface area contributed by atoms with Gasteiger partial charge in [0, 0.05) is 38.1 Å². The highest BCUT2D eigenvalue weighted by atomic mass is 16.5. The van der Waals surface area contributed by atoms with Crippen molar-refractivity contribution in [3.63, 3.8) is 0 Å². The van der Waals surface area contributed by atoms with Crippen molar-refractivity contribution in [2.75, 3.05) is 39.5 Å². The van der Waals surface area contributed by atoms with Crippen LogP contribution in [0.25, 0.3) is 0 Å². The van der Waals surface area contributed by atoms with Gasteiger partial charge in [-0.15, -0.1) is 0 Å². The lowest BCUT2D eigenvalue weighted by molar-refractivity contribution is -0.137. The van der Waals surface area contributed by atoms with Crippen molar-refractivity contribution < 1.29 is 38.3 Å². The Bertz CT molecular complexity index is 1120. The van der Waals surface area contributed by atoms with Gasteiger partial charge in [0.2, 0.25) is 29.5 Å². The van der Waals surface area contributed by atoms with E-state index in [0.717, 1.165) is 10.5 Å². The first-order valence-electron chi connectivity index (χ1n) is 13.7. The second kappa shape index (κ2) is 18.7. The number of nitrogens with zero attached hydrogens (tertiary/aromatic N) is 1. The predicted octanol–water partition coefficient (Wildman–Crippen LogP) is -1.34. The molecule has 1 aliphatic heterocycles. The SMILES string of the molecule is CCOCNC(=O)CNC(=O)[C@H](Cc1ccccc1)NC(=O)CNC(=O)CNC(=O)CCCCCN1C(=O)C=CC1=O. The molecule has 0 saturated carbocycles. The molecule has 1 atom stereocenters. The number of ether oxygens (including phenoxy) is 1. The zero-order valence-corrected chi connectivity index (χ0v) is 23.6. The summed E-state index contributed by atoms with van der Waals surface area (Å²) in [7, 11) is 0. The summed E-state index contributed by atoms with van der Waals surface area (Å²) in [4.78, 5) is 85.4. The molecule has 228 valence electrons. The lowest BCUT2D eigenvalue weighted by Gasteiger charge is -2.19. The molecule has 0 unspecified atom stereocenters. The Hall–Kier alpha value is -4.59. The van der Waals surface area contributed by atoms with Crippen molar-refractivity contribution in [3.8, 4) is 0 Å². The maximum Gasteiger partial charge on any atom is 0.253 e. The zero-order valence-electron chi connectivity index (χ0n) is 23.6. The number of carbonyl (C=O) groups is 7. The molecule has 1 aromatic carbocycles. The Morgan fingerprint density at radius 2 is 1.38 bits per heavy atom. The average molecular weight is 587 g/mol. The smallest absolute Gasteiger partial charge is 0.253 e. The number of hydrogen-bond acceptors (Lipinski definition) is 8. The molecule has 14 heteroatoms. The number of rotatable bonds is 19. The van der Waals surface area contributed by atoms with E-state index in [0.29, 0.717) is 25.9 Å². The third-order valence-electron chi connectivity index (χ3n) is 6.01. The molecule has 14 nitrogen and oxygen atoms in total. The van der Waals surface area contributed by atoms with Gasteiger partial charge in [-0.25, -0.2) is 0 Å². The number of imide groups is 1. The van der Waals surface area contributed by atoms with Crippen LogP contribution in [0.5, 0.6) is 0 Å². The van der Waals surface area contributed by atoms with Crippen molar-refractivity contribution in [2.45, 2.75) is 45.1 Å². The molecule has 0 fully saturated rings. The molecule has 0 bridgehead atoms. The lowest BCUT2D eigenvalue weighted by Crippen LogP contribution is -2.52. The molecule has 1 heterocycles. The third-order valence-corrected chi connectivity index (χ3v) is 6.01. The van der Waals surface area contributed by atoms with E-state index in [2.05, 4.69) is 26.6 Å². The fraction of sp³-hybridized carbons (Fsp3) is 0.464. The Kier molecular flexibility index (Phi) is 15.0. The van der Waals surface area contributed by atoms with Gasteiger partial charge in [0.15, 0.2) is 0 Å². The predicted molar refractivity (Wildman–Crippen MR) is 150 cm³/mol. The first-order valence-corrected chi connectivity index (χ1v) is 13.7. The highest BCUT2D eigenvalue weighted by molar-refractivity contribution is 6.12. The van der Waals surface area contributed by atoms with Gasteiger partial charge in [0.1, 0.15) is 12.8 Å². The van der Waals surface area contributed by atoms with Crippen LogP contribution in [-0.2, 0) is 44.7 Å². The van der Waals surface area contributed by atoms with E-state index >= 15 is 0 Å². The summed E-state index contributed by atoms with van der Waals surface area (Å²) in [6, 6.07) is 7.97. The Labute approximate surface area is 244 Å². The standard InChI is InChI=1S/C28H38N6O8/c1-2-42-19-32-24(37)17-31-28(41)21(15-20-9-5-3-6-10-20)33-25(38)18-30-23(36)16-29-22(35)11-7-4-8-14-34-26(39)12-13-27(34)40/h3,5-6,9-10,12-13,21H,2,4,7-8,11,14-19H2,1H3,(H,29,35)(H,30,36)(H,31,41)(H,32,37)(H,33,38)/t21-/m0/s1. The molecule has 7 amide bonds. The van der Waals surface area contributed by atoms with Crippen molar-refractivity contribution >= 4 is 41.4 Å². The van der Waals surface area contributed by atoms with E-state index in [4.69, 9.17) is 4.74 Å². The van der Waals surface area contributed by atoms with Crippen LogP contribution in [0.2, 0.25) is 0 Å². The summed E-state index contributed by atoms with van der Waals surface area (Å²) in [5.74, 6) is -3.29. The number of amides is 7. The average Bonchev–Trinajstić information content (AvgIpc) is 3.30. The fourth-order valence-electron chi connectivity index (χ4n) is 3.78. The second-order valence-corrected chi connectivity index (χ2v) is 9.29. The van der Waals surface area contributed by atoms with Gasteiger partial charge < -0.3 is 31.3 Å². The molecule has 2 rings (SSSR count). The monoisotopic (exact) mass is 586 g/mol. The summed E-state index contributed by atoms with van der Waals surface area (Å²) < 4.78 is 5.03. The molecular weight excluding hydrogens is 548 g/mol. The molecule has 0 aromatic heterocycles. The number of benzene rings is 1. The molecule has 1 aromatic rings. The zero-order chi connectivity index (χ0) is 30.7. The van der Waals surface area contributed by atoms with Crippen LogP contribution in [0.1, 0.15) is 38.2 Å². The molecule has 42 heavy (non-hydrogen) atoms. The van der Waals surface area contributed by atoms with Gasteiger partial charge in [0.25, 0.3) is 11.8 Å².